The third-order valence-corrected chi connectivity index (χ3v) is 8.22. The van der Waals surface area contributed by atoms with Crippen molar-refractivity contribution in [3.63, 3.8) is 0 Å². The monoisotopic (exact) mass is 583 g/mol. The average molecular weight is 584 g/mol. The fraction of sp³-hybridized carbons (Fsp3) is 0.222. The van der Waals surface area contributed by atoms with E-state index in [4.69, 9.17) is 21.4 Å². The molecule has 0 amide bonds. The molecule has 0 fully saturated rings. The molecule has 39 heavy (non-hydrogen) atoms. The summed E-state index contributed by atoms with van der Waals surface area (Å²) in [6, 6.07) is 12.4. The Bertz CT molecular complexity index is 1540. The number of anilines is 1. The SMILES string of the molecule is C/C(=C\c1ccc2c(c1)N(S(=O)(=O)c1cccc(C(F)(F)F)c1)C[C@H](OCC(=O)O)C2)c1c(F)cccc1Cl. The summed E-state index contributed by atoms with van der Waals surface area (Å²) in [6.07, 6.45) is -3.86. The molecule has 12 heteroatoms. The van der Waals surface area contributed by atoms with Crippen molar-refractivity contribution in [1.29, 1.82) is 0 Å². The predicted molar refractivity (Wildman–Crippen MR) is 138 cm³/mol. The number of alkyl halides is 3. The number of ether oxygens (including phenoxy) is 1. The summed E-state index contributed by atoms with van der Waals surface area (Å²) in [5.41, 5.74) is 0.652. The van der Waals surface area contributed by atoms with Crippen molar-refractivity contribution >= 4 is 44.9 Å². The third kappa shape index (κ3) is 6.26. The van der Waals surface area contributed by atoms with Crippen LogP contribution >= 0.6 is 11.6 Å². The van der Waals surface area contributed by atoms with E-state index in [1.807, 2.05) is 0 Å². The van der Waals surface area contributed by atoms with Gasteiger partial charge in [0.1, 0.15) is 12.4 Å². The van der Waals surface area contributed by atoms with Crippen LogP contribution in [0.3, 0.4) is 0 Å². The lowest BCUT2D eigenvalue weighted by atomic mass is 9.97. The first kappa shape index (κ1) is 28.6. The van der Waals surface area contributed by atoms with Gasteiger partial charge in [-0.2, -0.15) is 13.2 Å². The second-order valence-electron chi connectivity index (χ2n) is 8.90. The van der Waals surface area contributed by atoms with Crippen molar-refractivity contribution in [1.82, 2.24) is 0 Å². The zero-order valence-electron chi connectivity index (χ0n) is 20.4. The second-order valence-corrected chi connectivity index (χ2v) is 11.2. The number of allylic oxidation sites excluding steroid dienone is 1. The highest BCUT2D eigenvalue weighted by atomic mass is 35.5. The minimum absolute atomic E-state index is 0.166. The van der Waals surface area contributed by atoms with Crippen LogP contribution in [0.5, 0.6) is 0 Å². The van der Waals surface area contributed by atoms with E-state index in [2.05, 4.69) is 0 Å². The number of benzene rings is 3. The van der Waals surface area contributed by atoms with Crippen molar-refractivity contribution in [2.45, 2.75) is 30.5 Å². The minimum Gasteiger partial charge on any atom is -0.480 e. The molecule has 0 radical (unpaired) electrons. The van der Waals surface area contributed by atoms with Gasteiger partial charge in [0, 0.05) is 12.0 Å². The van der Waals surface area contributed by atoms with Gasteiger partial charge in [-0.25, -0.2) is 17.6 Å². The molecule has 1 aliphatic heterocycles. The van der Waals surface area contributed by atoms with Gasteiger partial charge in [0.2, 0.25) is 0 Å². The van der Waals surface area contributed by atoms with Gasteiger partial charge >= 0.3 is 12.1 Å². The fourth-order valence-electron chi connectivity index (χ4n) is 4.35. The molecule has 1 N–H and O–H groups in total. The molecule has 3 aromatic rings. The van der Waals surface area contributed by atoms with Crippen molar-refractivity contribution in [2.75, 3.05) is 17.5 Å². The number of aliphatic carboxylic acids is 1. The van der Waals surface area contributed by atoms with Gasteiger partial charge in [0.15, 0.2) is 0 Å². The van der Waals surface area contributed by atoms with Crippen LogP contribution in [-0.4, -0.2) is 38.7 Å². The Labute approximate surface area is 227 Å². The first-order valence-electron chi connectivity index (χ1n) is 11.6. The van der Waals surface area contributed by atoms with Gasteiger partial charge in [-0.05, 0) is 60.0 Å². The number of nitrogens with zero attached hydrogens (tertiary/aromatic N) is 1. The van der Waals surface area contributed by atoms with Crippen LogP contribution in [0.4, 0.5) is 23.2 Å². The molecule has 0 aliphatic carbocycles. The van der Waals surface area contributed by atoms with E-state index in [-0.39, 0.29) is 29.2 Å². The molecule has 1 atom stereocenters. The van der Waals surface area contributed by atoms with Gasteiger partial charge < -0.3 is 9.84 Å². The number of carboxylic acids is 1. The van der Waals surface area contributed by atoms with Crippen LogP contribution in [0.1, 0.15) is 29.2 Å². The summed E-state index contributed by atoms with van der Waals surface area (Å²) < 4.78 is 88.0. The molecule has 0 saturated carbocycles. The molecule has 206 valence electrons. The zero-order chi connectivity index (χ0) is 28.5. The summed E-state index contributed by atoms with van der Waals surface area (Å²) in [5, 5.41) is 9.19. The van der Waals surface area contributed by atoms with Crippen LogP contribution in [-0.2, 0) is 32.2 Å². The molecule has 1 heterocycles. The lowest BCUT2D eigenvalue weighted by Gasteiger charge is -2.35. The Kier molecular flexibility index (Phi) is 8.06. The summed E-state index contributed by atoms with van der Waals surface area (Å²) >= 11 is 6.17. The molecular weight excluding hydrogens is 562 g/mol. The van der Waals surface area contributed by atoms with E-state index in [0.29, 0.717) is 22.8 Å². The van der Waals surface area contributed by atoms with Crippen LogP contribution in [0.15, 0.2) is 65.6 Å². The molecule has 0 spiro atoms. The van der Waals surface area contributed by atoms with Crippen LogP contribution < -0.4 is 4.31 Å². The molecule has 0 unspecified atom stereocenters. The maximum Gasteiger partial charge on any atom is 0.416 e. The Morgan fingerprint density at radius 2 is 1.87 bits per heavy atom. The van der Waals surface area contributed by atoms with Crippen molar-refractivity contribution in [3.05, 3.63) is 93.8 Å². The first-order valence-corrected chi connectivity index (χ1v) is 13.4. The number of hydrogen-bond acceptors (Lipinski definition) is 4. The highest BCUT2D eigenvalue weighted by molar-refractivity contribution is 7.92. The molecule has 0 aromatic heterocycles. The molecule has 6 nitrogen and oxygen atoms in total. The number of hydrogen-bond donors (Lipinski definition) is 1. The van der Waals surface area contributed by atoms with E-state index >= 15 is 0 Å². The molecule has 0 saturated heterocycles. The molecule has 4 rings (SSSR count). The lowest BCUT2D eigenvalue weighted by Crippen LogP contribution is -2.44. The third-order valence-electron chi connectivity index (χ3n) is 6.13. The number of carboxylic acid groups (broad SMARTS) is 1. The number of rotatable bonds is 7. The molecule has 3 aromatic carbocycles. The van der Waals surface area contributed by atoms with E-state index in [1.165, 1.54) is 24.3 Å². The van der Waals surface area contributed by atoms with Gasteiger partial charge in [-0.1, -0.05) is 41.9 Å². The van der Waals surface area contributed by atoms with Crippen LogP contribution in [0.25, 0.3) is 11.6 Å². The lowest BCUT2D eigenvalue weighted by molar-refractivity contribution is -0.144. The fourth-order valence-corrected chi connectivity index (χ4v) is 6.24. The highest BCUT2D eigenvalue weighted by Gasteiger charge is 2.36. The maximum atomic E-state index is 14.4. The van der Waals surface area contributed by atoms with E-state index in [9.17, 15) is 30.8 Å². The van der Waals surface area contributed by atoms with Crippen molar-refractivity contribution in [2.24, 2.45) is 0 Å². The normalized spacial score (nSPS) is 16.2. The van der Waals surface area contributed by atoms with Crippen LogP contribution in [0.2, 0.25) is 5.02 Å². The summed E-state index contributed by atoms with van der Waals surface area (Å²) in [5.74, 6) is -1.79. The largest absolute Gasteiger partial charge is 0.480 e. The standard InChI is InChI=1S/C27H22ClF4NO5S/c1-16(26-22(28)6-3-7-23(26)29)10-17-8-9-18-12-20(38-15-25(34)35)14-33(24(18)11-17)39(36,37)21-5-2-4-19(13-21)27(30,31)32/h2-11,13,20H,12,14-15H2,1H3,(H,34,35)/b16-10+/t20-/m1/s1. The number of sulfonamides is 1. The zero-order valence-corrected chi connectivity index (χ0v) is 21.9. The van der Waals surface area contributed by atoms with Crippen molar-refractivity contribution < 1.29 is 40.6 Å². The van der Waals surface area contributed by atoms with Crippen LogP contribution in [0, 0.1) is 5.82 Å². The highest BCUT2D eigenvalue weighted by Crippen LogP contribution is 2.37. The molecule has 1 aliphatic rings. The first-order chi connectivity index (χ1) is 18.3. The van der Waals surface area contributed by atoms with Gasteiger partial charge in [0.25, 0.3) is 10.0 Å². The quantitative estimate of drug-likeness (QED) is 0.261. The smallest absolute Gasteiger partial charge is 0.416 e. The van der Waals surface area contributed by atoms with Gasteiger partial charge in [-0.15, -0.1) is 0 Å². The number of fused-ring (bicyclic) bond motifs is 1. The van der Waals surface area contributed by atoms with E-state index in [0.717, 1.165) is 22.5 Å². The van der Waals surface area contributed by atoms with Gasteiger partial charge in [-0.3, -0.25) is 4.31 Å². The van der Waals surface area contributed by atoms with Gasteiger partial charge in [0.05, 0.1) is 33.8 Å². The average Bonchev–Trinajstić information content (AvgIpc) is 2.86. The minimum atomic E-state index is -4.76. The Hall–Kier alpha value is -3.41. The van der Waals surface area contributed by atoms with E-state index in [1.54, 1.807) is 25.1 Å². The Morgan fingerprint density at radius 1 is 1.15 bits per heavy atom. The molecular formula is C27H22ClF4NO5S. The maximum absolute atomic E-state index is 14.4. The number of halogens is 5. The Balaban J connectivity index is 1.80. The Morgan fingerprint density at radius 3 is 2.54 bits per heavy atom. The second kappa shape index (κ2) is 11.0. The summed E-state index contributed by atoms with van der Waals surface area (Å²) in [6.45, 7) is 0.627. The summed E-state index contributed by atoms with van der Waals surface area (Å²) in [7, 11) is -4.54. The van der Waals surface area contributed by atoms with E-state index < -0.39 is 51.2 Å². The topological polar surface area (TPSA) is 83.9 Å². The predicted octanol–water partition coefficient (Wildman–Crippen LogP) is 6.28. The molecule has 0 bridgehead atoms. The summed E-state index contributed by atoms with van der Waals surface area (Å²) in [4.78, 5) is 10.4. The van der Waals surface area contributed by atoms with Crippen molar-refractivity contribution in [3.8, 4) is 0 Å². The number of carbonyl (C=O) groups is 1.